The van der Waals surface area contributed by atoms with Gasteiger partial charge in [-0.2, -0.15) is 18.4 Å². The van der Waals surface area contributed by atoms with Gasteiger partial charge in [-0.05, 0) is 47.7 Å². The van der Waals surface area contributed by atoms with Crippen molar-refractivity contribution < 1.29 is 27.9 Å². The van der Waals surface area contributed by atoms with Gasteiger partial charge in [-0.3, -0.25) is 4.79 Å². The summed E-state index contributed by atoms with van der Waals surface area (Å²) in [6.07, 6.45) is -1.78. The van der Waals surface area contributed by atoms with Crippen LogP contribution in [0.3, 0.4) is 0 Å². The molecule has 0 saturated heterocycles. The number of halogens is 3. The Kier molecular flexibility index (Phi) is 7.43. The van der Waals surface area contributed by atoms with E-state index < -0.39 is 12.1 Å². The standard InChI is InChI=1S/C18H14N8O.C2HF3O2/c27-17(21-15-4-1-3-13(11-15)16-23-25-26-24-16)12-5-7-14(8-6-12)22-18-19-9-2-10-20-18;3-2(4,5)1(6)7/h1-11H,(H,21,27)(H,19,20,22)(H,23,24,25,26);(H,6,7). The number of anilines is 3. The second kappa shape index (κ2) is 10.6. The lowest BCUT2D eigenvalue weighted by molar-refractivity contribution is -0.192. The number of amides is 1. The van der Waals surface area contributed by atoms with Gasteiger partial charge in [0.05, 0.1) is 0 Å². The number of aromatic amines is 1. The van der Waals surface area contributed by atoms with E-state index in [9.17, 15) is 18.0 Å². The first-order chi connectivity index (χ1) is 16.2. The Morgan fingerprint density at radius 2 is 1.62 bits per heavy atom. The fourth-order valence-corrected chi connectivity index (χ4v) is 2.42. The highest BCUT2D eigenvalue weighted by Crippen LogP contribution is 2.20. The smallest absolute Gasteiger partial charge is 0.475 e. The van der Waals surface area contributed by atoms with Crippen LogP contribution in [0.5, 0.6) is 0 Å². The maximum absolute atomic E-state index is 12.5. The molecule has 0 aliphatic rings. The first kappa shape index (κ1) is 23.8. The minimum atomic E-state index is -5.08. The van der Waals surface area contributed by atoms with Crippen molar-refractivity contribution >= 4 is 29.2 Å². The Morgan fingerprint density at radius 3 is 2.21 bits per heavy atom. The molecule has 0 unspecified atom stereocenters. The van der Waals surface area contributed by atoms with Crippen LogP contribution in [0, 0.1) is 0 Å². The second-order valence-corrected chi connectivity index (χ2v) is 6.35. The van der Waals surface area contributed by atoms with Crippen molar-refractivity contribution in [2.24, 2.45) is 0 Å². The van der Waals surface area contributed by atoms with Crippen molar-refractivity contribution in [3.05, 3.63) is 72.6 Å². The average Bonchev–Trinajstić information content (AvgIpc) is 3.35. The minimum Gasteiger partial charge on any atom is -0.475 e. The number of carboxylic acids is 1. The van der Waals surface area contributed by atoms with Gasteiger partial charge in [-0.25, -0.2) is 14.8 Å². The highest BCUT2D eigenvalue weighted by molar-refractivity contribution is 6.04. The molecule has 0 atom stereocenters. The van der Waals surface area contributed by atoms with Gasteiger partial charge in [0.1, 0.15) is 0 Å². The number of aliphatic carboxylic acids is 1. The maximum atomic E-state index is 12.5. The SMILES string of the molecule is O=C(Nc1cccc(-c2nn[nH]n2)c1)c1ccc(Nc2ncccn2)cc1.O=C(O)C(F)(F)F. The molecule has 34 heavy (non-hydrogen) atoms. The van der Waals surface area contributed by atoms with Crippen LogP contribution in [0.2, 0.25) is 0 Å². The van der Waals surface area contributed by atoms with E-state index in [4.69, 9.17) is 9.90 Å². The molecular formula is C20H15F3N8O3. The van der Waals surface area contributed by atoms with Crippen molar-refractivity contribution in [3.63, 3.8) is 0 Å². The summed E-state index contributed by atoms with van der Waals surface area (Å²) in [6, 6.07) is 16.0. The highest BCUT2D eigenvalue weighted by Gasteiger charge is 2.38. The average molecular weight is 472 g/mol. The molecule has 0 aliphatic carbocycles. The van der Waals surface area contributed by atoms with E-state index in [1.165, 1.54) is 0 Å². The number of carbonyl (C=O) groups excluding carboxylic acids is 1. The number of rotatable bonds is 5. The zero-order valence-electron chi connectivity index (χ0n) is 17.0. The molecule has 2 aromatic carbocycles. The summed E-state index contributed by atoms with van der Waals surface area (Å²) in [4.78, 5) is 29.6. The fourth-order valence-electron chi connectivity index (χ4n) is 2.42. The van der Waals surface area contributed by atoms with Crippen molar-refractivity contribution in [1.82, 2.24) is 30.6 Å². The van der Waals surface area contributed by atoms with E-state index in [1.807, 2.05) is 12.1 Å². The van der Waals surface area contributed by atoms with Gasteiger partial charge in [0.15, 0.2) is 0 Å². The van der Waals surface area contributed by atoms with E-state index in [-0.39, 0.29) is 5.91 Å². The Labute approximate surface area is 189 Å². The minimum absolute atomic E-state index is 0.220. The number of benzene rings is 2. The van der Waals surface area contributed by atoms with Crippen molar-refractivity contribution in [3.8, 4) is 11.4 Å². The molecule has 4 aromatic rings. The lowest BCUT2D eigenvalue weighted by Gasteiger charge is -2.08. The Bertz CT molecular complexity index is 1230. The molecule has 0 fully saturated rings. The number of nitrogens with one attached hydrogen (secondary N) is 3. The molecule has 4 rings (SSSR count). The third-order valence-electron chi connectivity index (χ3n) is 3.94. The molecule has 0 bridgehead atoms. The summed E-state index contributed by atoms with van der Waals surface area (Å²) >= 11 is 0. The van der Waals surface area contributed by atoms with E-state index in [1.54, 1.807) is 54.9 Å². The van der Waals surface area contributed by atoms with Crippen LogP contribution in [-0.4, -0.2) is 53.8 Å². The Balaban J connectivity index is 0.000000406. The van der Waals surface area contributed by atoms with Crippen LogP contribution in [0.25, 0.3) is 11.4 Å². The van der Waals surface area contributed by atoms with Gasteiger partial charge < -0.3 is 15.7 Å². The Morgan fingerprint density at radius 1 is 0.941 bits per heavy atom. The van der Waals surface area contributed by atoms with Crippen LogP contribution < -0.4 is 10.6 Å². The summed E-state index contributed by atoms with van der Waals surface area (Å²) in [6.45, 7) is 0. The lowest BCUT2D eigenvalue weighted by Crippen LogP contribution is -2.21. The number of hydrogen-bond donors (Lipinski definition) is 4. The molecule has 2 heterocycles. The number of nitrogens with zero attached hydrogens (tertiary/aromatic N) is 5. The molecule has 174 valence electrons. The van der Waals surface area contributed by atoms with Crippen molar-refractivity contribution in [1.29, 1.82) is 0 Å². The van der Waals surface area contributed by atoms with Gasteiger partial charge in [0.2, 0.25) is 11.8 Å². The topological polar surface area (TPSA) is 159 Å². The quantitative estimate of drug-likeness (QED) is 0.342. The van der Waals surface area contributed by atoms with E-state index in [0.717, 1.165) is 11.3 Å². The number of hydrogen-bond acceptors (Lipinski definition) is 8. The third-order valence-corrected chi connectivity index (χ3v) is 3.94. The van der Waals surface area contributed by atoms with Gasteiger partial charge >= 0.3 is 12.1 Å². The summed E-state index contributed by atoms with van der Waals surface area (Å²) < 4.78 is 31.7. The molecular weight excluding hydrogens is 457 g/mol. The molecule has 0 saturated carbocycles. The molecule has 14 heteroatoms. The van der Waals surface area contributed by atoms with Gasteiger partial charge in [-0.1, -0.05) is 12.1 Å². The van der Waals surface area contributed by atoms with E-state index in [0.29, 0.717) is 23.0 Å². The number of H-pyrrole nitrogens is 1. The van der Waals surface area contributed by atoms with Crippen LogP contribution >= 0.6 is 0 Å². The summed E-state index contributed by atoms with van der Waals surface area (Å²) in [5.41, 5.74) is 2.71. The number of carbonyl (C=O) groups is 2. The number of alkyl halides is 3. The first-order valence-corrected chi connectivity index (χ1v) is 9.32. The van der Waals surface area contributed by atoms with Gasteiger partial charge in [0, 0.05) is 34.9 Å². The van der Waals surface area contributed by atoms with Crippen molar-refractivity contribution in [2.45, 2.75) is 6.18 Å². The molecule has 4 N–H and O–H groups in total. The number of carboxylic acid groups (broad SMARTS) is 1. The summed E-state index contributed by atoms with van der Waals surface area (Å²) in [7, 11) is 0. The van der Waals surface area contributed by atoms with Gasteiger partial charge in [-0.15, -0.1) is 10.2 Å². The van der Waals surface area contributed by atoms with Crippen LogP contribution in [0.15, 0.2) is 67.0 Å². The Hall–Kier alpha value is -4.88. The largest absolute Gasteiger partial charge is 0.490 e. The molecule has 1 amide bonds. The molecule has 11 nitrogen and oxygen atoms in total. The highest BCUT2D eigenvalue weighted by atomic mass is 19.4. The first-order valence-electron chi connectivity index (χ1n) is 9.32. The van der Waals surface area contributed by atoms with Crippen LogP contribution in [0.1, 0.15) is 10.4 Å². The van der Waals surface area contributed by atoms with E-state index >= 15 is 0 Å². The molecule has 2 aromatic heterocycles. The monoisotopic (exact) mass is 472 g/mol. The molecule has 0 spiro atoms. The second-order valence-electron chi connectivity index (χ2n) is 6.35. The molecule has 0 radical (unpaired) electrons. The van der Waals surface area contributed by atoms with Crippen LogP contribution in [-0.2, 0) is 4.79 Å². The normalized spacial score (nSPS) is 10.6. The fraction of sp³-hybridized carbons (Fsp3) is 0.0500. The predicted molar refractivity (Wildman–Crippen MR) is 113 cm³/mol. The van der Waals surface area contributed by atoms with Crippen molar-refractivity contribution in [2.75, 3.05) is 10.6 Å². The van der Waals surface area contributed by atoms with Gasteiger partial charge in [0.25, 0.3) is 5.91 Å². The lowest BCUT2D eigenvalue weighted by atomic mass is 10.1. The number of aromatic nitrogens is 6. The number of tetrazole rings is 1. The summed E-state index contributed by atoms with van der Waals surface area (Å²) in [5.74, 6) is -2.02. The maximum Gasteiger partial charge on any atom is 0.490 e. The van der Waals surface area contributed by atoms with Crippen LogP contribution in [0.4, 0.5) is 30.5 Å². The zero-order valence-corrected chi connectivity index (χ0v) is 17.0. The third kappa shape index (κ3) is 6.81. The zero-order chi connectivity index (χ0) is 24.6. The van der Waals surface area contributed by atoms with E-state index in [2.05, 4.69) is 41.2 Å². The predicted octanol–water partition coefficient (Wildman–Crippen LogP) is 3.29. The summed E-state index contributed by atoms with van der Waals surface area (Å²) in [5, 5.41) is 26.9. The molecule has 0 aliphatic heterocycles.